The van der Waals surface area contributed by atoms with Gasteiger partial charge in [0.25, 0.3) is 0 Å². The molecule has 106 valence electrons. The number of likely N-dealkylation sites (tertiary alicyclic amines) is 1. The van der Waals surface area contributed by atoms with E-state index in [9.17, 15) is 0 Å². The average Bonchev–Trinajstić information content (AvgIpc) is 2.51. The molecule has 2 nitrogen and oxygen atoms in total. The third-order valence-electron chi connectivity index (χ3n) is 4.37. The lowest BCUT2D eigenvalue weighted by Crippen LogP contribution is -2.34. The van der Waals surface area contributed by atoms with E-state index in [-0.39, 0.29) is 0 Å². The topological polar surface area (TPSA) is 16.1 Å². The Hall–Kier alpha value is -1.12. The first-order valence-electron chi connectivity index (χ1n) is 7.52. The predicted molar refractivity (Wildman–Crippen MR) is 85.0 cm³/mol. The Balaban J connectivity index is 1.86. The molecule has 0 aliphatic carbocycles. The Kier molecular flexibility index (Phi) is 4.23. The van der Waals surface area contributed by atoms with Gasteiger partial charge in [-0.1, -0.05) is 31.0 Å². The van der Waals surface area contributed by atoms with E-state index in [1.165, 1.54) is 37.9 Å². The van der Waals surface area contributed by atoms with Crippen molar-refractivity contribution in [1.29, 1.82) is 0 Å². The van der Waals surface area contributed by atoms with Crippen molar-refractivity contribution in [1.82, 2.24) is 9.88 Å². The molecule has 1 aromatic carbocycles. The average molecular weight is 289 g/mol. The Morgan fingerprint density at radius 1 is 1.35 bits per heavy atom. The second-order valence-corrected chi connectivity index (χ2v) is 6.16. The fourth-order valence-electron chi connectivity index (χ4n) is 3.19. The lowest BCUT2D eigenvalue weighted by atomic mass is 9.95. The van der Waals surface area contributed by atoms with E-state index in [2.05, 4.69) is 28.9 Å². The van der Waals surface area contributed by atoms with Gasteiger partial charge in [-0.2, -0.15) is 0 Å². The highest BCUT2D eigenvalue weighted by molar-refractivity contribution is 6.35. The molecule has 2 aromatic rings. The summed E-state index contributed by atoms with van der Waals surface area (Å²) in [4.78, 5) is 7.10. The van der Waals surface area contributed by atoms with Gasteiger partial charge < -0.3 is 0 Å². The zero-order valence-corrected chi connectivity index (χ0v) is 12.7. The maximum Gasteiger partial charge on any atom is 0.0761 e. The summed E-state index contributed by atoms with van der Waals surface area (Å²) >= 11 is 6.26. The van der Waals surface area contributed by atoms with E-state index in [1.54, 1.807) is 0 Å². The van der Waals surface area contributed by atoms with Crippen LogP contribution in [0.5, 0.6) is 0 Å². The van der Waals surface area contributed by atoms with E-state index in [0.29, 0.717) is 0 Å². The van der Waals surface area contributed by atoms with Gasteiger partial charge in [-0.15, -0.1) is 0 Å². The van der Waals surface area contributed by atoms with Crippen LogP contribution in [0.4, 0.5) is 0 Å². The fourth-order valence-corrected chi connectivity index (χ4v) is 3.41. The second-order valence-electron chi connectivity index (χ2n) is 5.76. The first kappa shape index (κ1) is 13.8. The summed E-state index contributed by atoms with van der Waals surface area (Å²) in [7, 11) is 0. The van der Waals surface area contributed by atoms with Crippen LogP contribution in [0.15, 0.2) is 30.5 Å². The lowest BCUT2D eigenvalue weighted by Gasteiger charge is -2.32. The number of benzene rings is 1. The van der Waals surface area contributed by atoms with Crippen LogP contribution < -0.4 is 0 Å². The van der Waals surface area contributed by atoms with Crippen molar-refractivity contribution in [3.8, 4) is 0 Å². The molecular formula is C17H21ClN2. The first-order valence-corrected chi connectivity index (χ1v) is 7.90. The highest BCUT2D eigenvalue weighted by atomic mass is 35.5. The minimum Gasteiger partial charge on any atom is -0.299 e. The van der Waals surface area contributed by atoms with Crippen molar-refractivity contribution < 1.29 is 0 Å². The molecule has 0 amide bonds. The van der Waals surface area contributed by atoms with Crippen molar-refractivity contribution in [3.63, 3.8) is 0 Å². The molecule has 1 aromatic heterocycles. The number of hydrogen-bond acceptors (Lipinski definition) is 2. The predicted octanol–water partition coefficient (Wildman–Crippen LogP) is 4.51. The van der Waals surface area contributed by atoms with Gasteiger partial charge in [0, 0.05) is 29.7 Å². The molecule has 3 rings (SSSR count). The third kappa shape index (κ3) is 2.82. The zero-order chi connectivity index (χ0) is 13.9. The summed E-state index contributed by atoms with van der Waals surface area (Å²) in [5, 5.41) is 1.86. The number of piperidine rings is 1. The highest BCUT2D eigenvalue weighted by Crippen LogP contribution is 2.27. The van der Waals surface area contributed by atoms with Crippen LogP contribution >= 0.6 is 11.6 Å². The molecule has 0 saturated carbocycles. The monoisotopic (exact) mass is 288 g/mol. The smallest absolute Gasteiger partial charge is 0.0761 e. The van der Waals surface area contributed by atoms with Gasteiger partial charge in [0.1, 0.15) is 0 Å². The zero-order valence-electron chi connectivity index (χ0n) is 12.0. The lowest BCUT2D eigenvalue weighted by molar-refractivity contribution is 0.165. The van der Waals surface area contributed by atoms with Crippen molar-refractivity contribution >= 4 is 22.5 Å². The standard InChI is InChI=1S/C17H21ClN2/c1-2-13-5-4-10-20(11-13)12-14-7-8-16(18)15-6-3-9-19-17(14)15/h3,6-9,13H,2,4-5,10-12H2,1H3/t13-/m1/s1. The Morgan fingerprint density at radius 2 is 2.25 bits per heavy atom. The molecule has 0 bridgehead atoms. The third-order valence-corrected chi connectivity index (χ3v) is 4.70. The molecule has 2 heterocycles. The van der Waals surface area contributed by atoms with Crippen LogP contribution in [0.25, 0.3) is 10.9 Å². The molecule has 0 unspecified atom stereocenters. The van der Waals surface area contributed by atoms with E-state index < -0.39 is 0 Å². The molecule has 1 aliphatic heterocycles. The second kappa shape index (κ2) is 6.11. The van der Waals surface area contributed by atoms with Crippen LogP contribution in [0.1, 0.15) is 31.7 Å². The van der Waals surface area contributed by atoms with E-state index >= 15 is 0 Å². The molecule has 0 radical (unpaired) electrons. The summed E-state index contributed by atoms with van der Waals surface area (Å²) in [6.07, 6.45) is 5.84. The van der Waals surface area contributed by atoms with Gasteiger partial charge in [0.2, 0.25) is 0 Å². The van der Waals surface area contributed by atoms with Crippen LogP contribution in [0.3, 0.4) is 0 Å². The summed E-state index contributed by atoms with van der Waals surface area (Å²) in [5.41, 5.74) is 2.35. The largest absolute Gasteiger partial charge is 0.299 e. The molecule has 1 fully saturated rings. The minimum absolute atomic E-state index is 0.793. The molecule has 1 aliphatic rings. The molecule has 20 heavy (non-hydrogen) atoms. The molecule has 3 heteroatoms. The molecular weight excluding hydrogens is 268 g/mol. The Morgan fingerprint density at radius 3 is 3.10 bits per heavy atom. The number of hydrogen-bond donors (Lipinski definition) is 0. The Bertz CT molecular complexity index is 597. The molecule has 1 atom stereocenters. The van der Waals surface area contributed by atoms with Crippen LogP contribution in [0.2, 0.25) is 5.02 Å². The van der Waals surface area contributed by atoms with E-state index in [1.807, 2.05) is 18.3 Å². The van der Waals surface area contributed by atoms with Crippen molar-refractivity contribution in [3.05, 3.63) is 41.0 Å². The van der Waals surface area contributed by atoms with Crippen molar-refractivity contribution in [2.75, 3.05) is 13.1 Å². The number of fused-ring (bicyclic) bond motifs is 1. The van der Waals surface area contributed by atoms with Gasteiger partial charge in [0.05, 0.1) is 5.52 Å². The summed E-state index contributed by atoms with van der Waals surface area (Å²) in [6.45, 7) is 5.70. The number of pyridine rings is 1. The number of nitrogens with zero attached hydrogens (tertiary/aromatic N) is 2. The number of rotatable bonds is 3. The van der Waals surface area contributed by atoms with E-state index in [4.69, 9.17) is 11.6 Å². The van der Waals surface area contributed by atoms with Crippen molar-refractivity contribution in [2.24, 2.45) is 5.92 Å². The Labute approximate surface area is 125 Å². The molecule has 1 saturated heterocycles. The quantitative estimate of drug-likeness (QED) is 0.826. The maximum absolute atomic E-state index is 6.26. The minimum atomic E-state index is 0.793. The molecule has 0 N–H and O–H groups in total. The molecule has 0 spiro atoms. The SMILES string of the molecule is CC[C@@H]1CCCN(Cc2ccc(Cl)c3cccnc23)C1. The van der Waals surface area contributed by atoms with Crippen LogP contribution in [-0.2, 0) is 6.54 Å². The van der Waals surface area contributed by atoms with Crippen LogP contribution in [-0.4, -0.2) is 23.0 Å². The summed E-state index contributed by atoms with van der Waals surface area (Å²) < 4.78 is 0. The van der Waals surface area contributed by atoms with Gasteiger partial charge in [-0.25, -0.2) is 0 Å². The first-order chi connectivity index (χ1) is 9.78. The van der Waals surface area contributed by atoms with E-state index in [0.717, 1.165) is 28.4 Å². The number of halogens is 1. The fraction of sp³-hybridized carbons (Fsp3) is 0.471. The normalized spacial score (nSPS) is 20.4. The summed E-state index contributed by atoms with van der Waals surface area (Å²) in [5.74, 6) is 0.857. The highest BCUT2D eigenvalue weighted by Gasteiger charge is 2.19. The van der Waals surface area contributed by atoms with Gasteiger partial charge in [-0.05, 0) is 49.1 Å². The van der Waals surface area contributed by atoms with Crippen molar-refractivity contribution in [2.45, 2.75) is 32.7 Å². The van der Waals surface area contributed by atoms with Gasteiger partial charge >= 0.3 is 0 Å². The van der Waals surface area contributed by atoms with Crippen LogP contribution in [0, 0.1) is 5.92 Å². The van der Waals surface area contributed by atoms with Gasteiger partial charge in [0.15, 0.2) is 0 Å². The van der Waals surface area contributed by atoms with Gasteiger partial charge in [-0.3, -0.25) is 9.88 Å². The number of aromatic nitrogens is 1. The summed E-state index contributed by atoms with van der Waals surface area (Å²) in [6, 6.07) is 8.14. The maximum atomic E-state index is 6.26.